The highest BCUT2D eigenvalue weighted by Gasteiger charge is 2.03. The molecule has 0 fully saturated rings. The van der Waals surface area contributed by atoms with E-state index in [1.54, 1.807) is 17.0 Å². The minimum absolute atomic E-state index is 0.159. The van der Waals surface area contributed by atoms with E-state index < -0.39 is 6.03 Å². The second-order valence-electron chi connectivity index (χ2n) is 3.49. The van der Waals surface area contributed by atoms with Crippen LogP contribution in [0.2, 0.25) is 0 Å². The van der Waals surface area contributed by atoms with E-state index in [4.69, 9.17) is 5.73 Å². The van der Waals surface area contributed by atoms with Crippen molar-refractivity contribution in [3.8, 4) is 0 Å². The fraction of sp³-hybridized carbons (Fsp3) is 0.500. The molecule has 1 rings (SSSR count). The van der Waals surface area contributed by atoms with E-state index >= 15 is 0 Å². The summed E-state index contributed by atoms with van der Waals surface area (Å²) in [6, 6.07) is -0.587. The topological polar surface area (TPSA) is 102 Å². The van der Waals surface area contributed by atoms with Crippen LogP contribution in [0, 0.1) is 0 Å². The summed E-state index contributed by atoms with van der Waals surface area (Å²) in [6.07, 6.45) is 4.10. The van der Waals surface area contributed by atoms with Crippen LogP contribution in [0.5, 0.6) is 0 Å². The van der Waals surface area contributed by atoms with E-state index in [-0.39, 0.29) is 11.4 Å². The molecule has 0 aromatic carbocycles. The Labute approximate surface area is 99.0 Å². The molecule has 7 heteroatoms. The normalized spacial score (nSPS) is 9.94. The van der Waals surface area contributed by atoms with Crippen LogP contribution < -0.4 is 21.9 Å². The standard InChI is InChI=1S/C10H17N5O2/c1-2-6-15-7-5-13-8(9(15)16)12-3-4-14-10(11)17/h5,7H,2-4,6H2,1H3,(H,12,13)(H3,11,14,17). The van der Waals surface area contributed by atoms with E-state index in [1.165, 1.54) is 0 Å². The average Bonchev–Trinajstić information content (AvgIpc) is 2.29. The van der Waals surface area contributed by atoms with E-state index in [0.29, 0.717) is 19.6 Å². The number of hydrogen-bond acceptors (Lipinski definition) is 4. The molecular weight excluding hydrogens is 222 g/mol. The van der Waals surface area contributed by atoms with Crippen LogP contribution >= 0.6 is 0 Å². The van der Waals surface area contributed by atoms with Crippen LogP contribution in [-0.2, 0) is 6.54 Å². The highest BCUT2D eigenvalue weighted by molar-refractivity contribution is 5.71. The zero-order valence-electron chi connectivity index (χ0n) is 9.77. The molecule has 94 valence electrons. The molecule has 0 saturated heterocycles. The van der Waals surface area contributed by atoms with Crippen molar-refractivity contribution in [2.24, 2.45) is 5.73 Å². The van der Waals surface area contributed by atoms with Gasteiger partial charge in [0.1, 0.15) is 0 Å². The minimum Gasteiger partial charge on any atom is -0.364 e. The molecule has 0 bridgehead atoms. The van der Waals surface area contributed by atoms with Crippen molar-refractivity contribution < 1.29 is 4.79 Å². The molecule has 2 amide bonds. The van der Waals surface area contributed by atoms with Crippen LogP contribution in [0.3, 0.4) is 0 Å². The lowest BCUT2D eigenvalue weighted by Crippen LogP contribution is -2.34. The smallest absolute Gasteiger partial charge is 0.312 e. The number of aryl methyl sites for hydroxylation is 1. The summed E-state index contributed by atoms with van der Waals surface area (Å²) in [5.41, 5.74) is 4.75. The first-order chi connectivity index (χ1) is 8.15. The Bertz CT molecular complexity index is 429. The van der Waals surface area contributed by atoms with Gasteiger partial charge in [0.2, 0.25) is 0 Å². The van der Waals surface area contributed by atoms with Gasteiger partial charge in [-0.3, -0.25) is 4.79 Å². The monoisotopic (exact) mass is 239 g/mol. The first-order valence-corrected chi connectivity index (χ1v) is 5.47. The maximum atomic E-state index is 11.8. The van der Waals surface area contributed by atoms with Gasteiger partial charge in [0.15, 0.2) is 5.82 Å². The SMILES string of the molecule is CCCn1ccnc(NCCNC(N)=O)c1=O. The number of nitrogens with two attached hydrogens (primary N) is 1. The molecule has 0 aliphatic rings. The van der Waals surface area contributed by atoms with E-state index in [2.05, 4.69) is 15.6 Å². The van der Waals surface area contributed by atoms with Crippen molar-refractivity contribution in [2.45, 2.75) is 19.9 Å². The predicted molar refractivity (Wildman–Crippen MR) is 64.9 cm³/mol. The van der Waals surface area contributed by atoms with Gasteiger partial charge in [-0.15, -0.1) is 0 Å². The second-order valence-corrected chi connectivity index (χ2v) is 3.49. The number of anilines is 1. The third kappa shape index (κ3) is 4.13. The van der Waals surface area contributed by atoms with E-state index in [1.807, 2.05) is 6.92 Å². The summed E-state index contributed by atoms with van der Waals surface area (Å²) in [7, 11) is 0. The Morgan fingerprint density at radius 2 is 2.29 bits per heavy atom. The highest BCUT2D eigenvalue weighted by atomic mass is 16.2. The molecule has 0 aliphatic heterocycles. The van der Waals surface area contributed by atoms with Gasteiger partial charge in [-0.1, -0.05) is 6.92 Å². The van der Waals surface area contributed by atoms with Gasteiger partial charge in [-0.25, -0.2) is 9.78 Å². The van der Waals surface area contributed by atoms with Gasteiger partial charge in [0, 0.05) is 32.0 Å². The minimum atomic E-state index is -0.587. The van der Waals surface area contributed by atoms with Crippen molar-refractivity contribution in [1.29, 1.82) is 0 Å². The summed E-state index contributed by atoms with van der Waals surface area (Å²) in [4.78, 5) is 26.2. The summed E-state index contributed by atoms with van der Waals surface area (Å²) in [6.45, 7) is 3.41. The fourth-order valence-electron chi connectivity index (χ4n) is 1.35. The zero-order valence-corrected chi connectivity index (χ0v) is 9.77. The molecule has 1 aromatic rings. The van der Waals surface area contributed by atoms with Crippen molar-refractivity contribution in [3.63, 3.8) is 0 Å². The van der Waals surface area contributed by atoms with Crippen molar-refractivity contribution in [1.82, 2.24) is 14.9 Å². The lowest BCUT2D eigenvalue weighted by molar-refractivity contribution is 0.249. The Kier molecular flexibility index (Phi) is 4.99. The Hall–Kier alpha value is -2.05. The van der Waals surface area contributed by atoms with E-state index in [0.717, 1.165) is 6.42 Å². The molecule has 0 atom stereocenters. The molecule has 0 spiro atoms. The fourth-order valence-corrected chi connectivity index (χ4v) is 1.35. The van der Waals surface area contributed by atoms with Crippen molar-refractivity contribution in [3.05, 3.63) is 22.7 Å². The third-order valence-corrected chi connectivity index (χ3v) is 2.09. The molecule has 0 aliphatic carbocycles. The van der Waals surface area contributed by atoms with Gasteiger partial charge in [-0.2, -0.15) is 0 Å². The van der Waals surface area contributed by atoms with Crippen LogP contribution in [0.15, 0.2) is 17.2 Å². The number of primary amides is 1. The largest absolute Gasteiger partial charge is 0.364 e. The van der Waals surface area contributed by atoms with Crippen LogP contribution in [-0.4, -0.2) is 28.7 Å². The molecule has 0 saturated carbocycles. The summed E-state index contributed by atoms with van der Waals surface area (Å²) < 4.78 is 1.59. The molecule has 0 unspecified atom stereocenters. The first-order valence-electron chi connectivity index (χ1n) is 5.47. The maximum absolute atomic E-state index is 11.8. The first kappa shape index (κ1) is 13.0. The number of amides is 2. The Morgan fingerprint density at radius 1 is 1.53 bits per heavy atom. The molecular formula is C10H17N5O2. The summed E-state index contributed by atoms with van der Waals surface area (Å²) >= 11 is 0. The zero-order chi connectivity index (χ0) is 12.7. The van der Waals surface area contributed by atoms with Crippen molar-refractivity contribution >= 4 is 11.8 Å². The quantitative estimate of drug-likeness (QED) is 0.595. The van der Waals surface area contributed by atoms with Gasteiger partial charge in [0.05, 0.1) is 0 Å². The third-order valence-electron chi connectivity index (χ3n) is 2.09. The Morgan fingerprint density at radius 3 is 2.94 bits per heavy atom. The molecule has 1 heterocycles. The van der Waals surface area contributed by atoms with Gasteiger partial charge in [0.25, 0.3) is 5.56 Å². The predicted octanol–water partition coefficient (Wildman–Crippen LogP) is -0.266. The number of nitrogens with zero attached hydrogens (tertiary/aromatic N) is 2. The van der Waals surface area contributed by atoms with E-state index in [9.17, 15) is 9.59 Å². The van der Waals surface area contributed by atoms with Crippen LogP contribution in [0.25, 0.3) is 0 Å². The van der Waals surface area contributed by atoms with Crippen LogP contribution in [0.4, 0.5) is 10.6 Å². The number of hydrogen-bond donors (Lipinski definition) is 3. The van der Waals surface area contributed by atoms with Crippen molar-refractivity contribution in [2.75, 3.05) is 18.4 Å². The van der Waals surface area contributed by atoms with Gasteiger partial charge < -0.3 is 20.9 Å². The number of carbonyl (C=O) groups is 1. The highest BCUT2D eigenvalue weighted by Crippen LogP contribution is 1.93. The molecule has 1 aromatic heterocycles. The molecule has 17 heavy (non-hydrogen) atoms. The number of carbonyl (C=O) groups excluding carboxylic acids is 1. The van der Waals surface area contributed by atoms with Gasteiger partial charge in [-0.05, 0) is 6.42 Å². The lowest BCUT2D eigenvalue weighted by Gasteiger charge is -2.08. The van der Waals surface area contributed by atoms with Gasteiger partial charge >= 0.3 is 6.03 Å². The molecule has 4 N–H and O–H groups in total. The average molecular weight is 239 g/mol. The lowest BCUT2D eigenvalue weighted by atomic mass is 10.4. The maximum Gasteiger partial charge on any atom is 0.312 e. The summed E-state index contributed by atoms with van der Waals surface area (Å²) in [5.74, 6) is 0.284. The molecule has 0 radical (unpaired) electrons. The molecule has 7 nitrogen and oxygen atoms in total. The number of urea groups is 1. The number of rotatable bonds is 6. The Balaban J connectivity index is 2.56. The summed E-state index contributed by atoms with van der Waals surface area (Å²) in [5, 5.41) is 5.27. The number of aromatic nitrogens is 2. The second kappa shape index (κ2) is 6.51. The van der Waals surface area contributed by atoms with Crippen LogP contribution in [0.1, 0.15) is 13.3 Å². The number of nitrogens with one attached hydrogen (secondary N) is 2.